The largest absolute Gasteiger partial charge is 0.492 e. The minimum Gasteiger partial charge on any atom is -0.492 e. The highest BCUT2D eigenvalue weighted by atomic mass is 19.1. The molecule has 1 aliphatic carbocycles. The summed E-state index contributed by atoms with van der Waals surface area (Å²) in [7, 11) is 0. The lowest BCUT2D eigenvalue weighted by Crippen LogP contribution is -2.53. The Kier molecular flexibility index (Phi) is 5.30. The average molecular weight is 437 g/mol. The van der Waals surface area contributed by atoms with Gasteiger partial charge in [-0.05, 0) is 37.1 Å². The second-order valence-corrected chi connectivity index (χ2v) is 8.36. The summed E-state index contributed by atoms with van der Waals surface area (Å²) in [6, 6.07) is 12.6. The third-order valence-electron chi connectivity index (χ3n) is 6.06. The zero-order chi connectivity index (χ0) is 22.2. The summed E-state index contributed by atoms with van der Waals surface area (Å²) in [5, 5.41) is 12.9. The van der Waals surface area contributed by atoms with Gasteiger partial charge in [0, 0.05) is 37.3 Å². The predicted octanol–water partition coefficient (Wildman–Crippen LogP) is 3.03. The summed E-state index contributed by atoms with van der Waals surface area (Å²) in [4.78, 5) is 26.2. The van der Waals surface area contributed by atoms with Crippen molar-refractivity contribution in [2.45, 2.75) is 24.9 Å². The molecule has 2 aliphatic rings. The van der Waals surface area contributed by atoms with Crippen LogP contribution in [-0.4, -0.2) is 47.9 Å². The van der Waals surface area contributed by atoms with Crippen LogP contribution >= 0.6 is 0 Å². The monoisotopic (exact) mass is 437 g/mol. The van der Waals surface area contributed by atoms with Gasteiger partial charge in [-0.25, -0.2) is 9.18 Å². The Labute approximate surface area is 184 Å². The van der Waals surface area contributed by atoms with E-state index in [9.17, 15) is 14.7 Å². The van der Waals surface area contributed by atoms with E-state index in [1.54, 1.807) is 6.07 Å². The van der Waals surface area contributed by atoms with Crippen molar-refractivity contribution in [3.05, 3.63) is 70.3 Å². The molecule has 7 nitrogen and oxygen atoms in total. The van der Waals surface area contributed by atoms with Crippen LogP contribution in [0.2, 0.25) is 0 Å². The maximum atomic E-state index is 15.2. The van der Waals surface area contributed by atoms with Gasteiger partial charge in [-0.1, -0.05) is 18.2 Å². The highest BCUT2D eigenvalue weighted by molar-refractivity contribution is 5.93. The number of aromatic nitrogens is 1. The zero-order valence-corrected chi connectivity index (χ0v) is 17.5. The molecule has 1 saturated heterocycles. The number of nitrogens with one attached hydrogen (secondary N) is 1. The van der Waals surface area contributed by atoms with Gasteiger partial charge in [0.2, 0.25) is 5.43 Å². The molecule has 2 N–H and O–H groups in total. The molecule has 0 radical (unpaired) electrons. The molecule has 1 aliphatic heterocycles. The molecule has 8 heteroatoms. The van der Waals surface area contributed by atoms with Crippen molar-refractivity contribution < 1.29 is 19.0 Å². The smallest absolute Gasteiger partial charge is 0.341 e. The van der Waals surface area contributed by atoms with Crippen molar-refractivity contribution in [3.8, 4) is 5.75 Å². The second-order valence-electron chi connectivity index (χ2n) is 8.36. The molecule has 5 rings (SSSR count). The lowest BCUT2D eigenvalue weighted by molar-refractivity contribution is 0.0695. The zero-order valence-electron chi connectivity index (χ0n) is 17.5. The number of carboxylic acid groups (broad SMARTS) is 1. The van der Waals surface area contributed by atoms with Crippen molar-refractivity contribution in [2.75, 3.05) is 31.1 Å². The highest BCUT2D eigenvalue weighted by Crippen LogP contribution is 2.38. The molecule has 1 atom stereocenters. The Bertz CT molecular complexity index is 1220. The Morgan fingerprint density at radius 2 is 2.00 bits per heavy atom. The number of ether oxygens (including phenoxy) is 1. The van der Waals surface area contributed by atoms with E-state index in [4.69, 9.17) is 4.74 Å². The van der Waals surface area contributed by atoms with E-state index in [1.807, 2.05) is 39.8 Å². The fourth-order valence-electron chi connectivity index (χ4n) is 4.28. The Morgan fingerprint density at radius 1 is 1.22 bits per heavy atom. The predicted molar refractivity (Wildman–Crippen MR) is 119 cm³/mol. The van der Waals surface area contributed by atoms with Crippen LogP contribution in [0.3, 0.4) is 0 Å². The summed E-state index contributed by atoms with van der Waals surface area (Å²) < 4.78 is 22.8. The molecule has 166 valence electrons. The van der Waals surface area contributed by atoms with Gasteiger partial charge >= 0.3 is 5.97 Å². The van der Waals surface area contributed by atoms with Crippen LogP contribution < -0.4 is 20.4 Å². The number of halogens is 1. The fourth-order valence-corrected chi connectivity index (χ4v) is 4.28. The summed E-state index contributed by atoms with van der Waals surface area (Å²) in [6.45, 7) is 2.29. The molecule has 0 bridgehead atoms. The van der Waals surface area contributed by atoms with Crippen molar-refractivity contribution >= 4 is 22.6 Å². The third-order valence-corrected chi connectivity index (χ3v) is 6.06. The number of benzene rings is 2. The molecular formula is C24H24FN3O4. The second kappa shape index (κ2) is 8.27. The first-order valence-corrected chi connectivity index (χ1v) is 10.8. The summed E-state index contributed by atoms with van der Waals surface area (Å²) >= 11 is 0. The molecule has 2 aromatic carbocycles. The van der Waals surface area contributed by atoms with Crippen LogP contribution in [0.4, 0.5) is 10.1 Å². The number of rotatable bonds is 6. The molecule has 1 saturated carbocycles. The number of hydrogen-bond acceptors (Lipinski definition) is 5. The van der Waals surface area contributed by atoms with Gasteiger partial charge in [0.05, 0.1) is 17.2 Å². The number of hydrogen-bond donors (Lipinski definition) is 2. The molecule has 2 heterocycles. The van der Waals surface area contributed by atoms with Crippen molar-refractivity contribution in [1.82, 2.24) is 9.88 Å². The highest BCUT2D eigenvalue weighted by Gasteiger charge is 2.29. The topological polar surface area (TPSA) is 83.8 Å². The number of fused-ring (bicyclic) bond motifs is 1. The molecule has 1 unspecified atom stereocenters. The Hall–Kier alpha value is -3.39. The van der Waals surface area contributed by atoms with Gasteiger partial charge in [-0.15, -0.1) is 0 Å². The fraction of sp³-hybridized carbons (Fsp3) is 0.333. The van der Waals surface area contributed by atoms with Crippen molar-refractivity contribution in [3.63, 3.8) is 0 Å². The summed E-state index contributed by atoms with van der Waals surface area (Å²) in [6.07, 6.45) is 3.23. The third kappa shape index (κ3) is 3.93. The van der Waals surface area contributed by atoms with Gasteiger partial charge in [0.25, 0.3) is 0 Å². The van der Waals surface area contributed by atoms with Crippen LogP contribution in [0, 0.1) is 5.82 Å². The molecule has 1 aromatic heterocycles. The number of pyridine rings is 1. The Morgan fingerprint density at radius 3 is 2.72 bits per heavy atom. The lowest BCUT2D eigenvalue weighted by Gasteiger charge is -2.35. The first-order chi connectivity index (χ1) is 15.5. The number of piperazine rings is 1. The van der Waals surface area contributed by atoms with Crippen molar-refractivity contribution in [2.24, 2.45) is 0 Å². The first-order valence-electron chi connectivity index (χ1n) is 10.8. The van der Waals surface area contributed by atoms with Crippen molar-refractivity contribution in [1.29, 1.82) is 0 Å². The van der Waals surface area contributed by atoms with Gasteiger partial charge in [0.1, 0.15) is 23.7 Å². The molecular weight excluding hydrogens is 413 g/mol. The maximum Gasteiger partial charge on any atom is 0.341 e. The quantitative estimate of drug-likeness (QED) is 0.617. The minimum absolute atomic E-state index is 0.0130. The molecule has 0 spiro atoms. The average Bonchev–Trinajstić information content (AvgIpc) is 3.64. The lowest BCUT2D eigenvalue weighted by atomic mass is 10.1. The number of nitrogens with zero attached hydrogens (tertiary/aromatic N) is 2. The van der Waals surface area contributed by atoms with E-state index in [-0.39, 0.29) is 23.0 Å². The van der Waals surface area contributed by atoms with Gasteiger partial charge in [-0.2, -0.15) is 0 Å². The summed E-state index contributed by atoms with van der Waals surface area (Å²) in [5.41, 5.74) is 0.0243. The van der Waals surface area contributed by atoms with Crippen LogP contribution in [0.15, 0.2) is 53.5 Å². The van der Waals surface area contributed by atoms with Crippen LogP contribution in [0.1, 0.15) is 29.2 Å². The summed E-state index contributed by atoms with van der Waals surface area (Å²) in [5.74, 6) is -1.03. The van der Waals surface area contributed by atoms with Gasteiger partial charge in [0.15, 0.2) is 0 Å². The van der Waals surface area contributed by atoms with Crippen LogP contribution in [0.5, 0.6) is 5.75 Å². The number of anilines is 1. The standard InChI is InChI=1S/C24H24FN3O4/c25-20-10-18-21(28(16-6-7-16)13-19(23(18)29)24(30)31)11-22(20)27-9-8-26-15(12-27)14-32-17-4-2-1-3-5-17/h1-5,10-11,13,15-16,26H,6-9,12,14H2,(H,30,31). The van der Waals surface area contributed by atoms with Crippen LogP contribution in [-0.2, 0) is 0 Å². The first kappa shape index (κ1) is 20.5. The molecule has 3 aromatic rings. The number of carboxylic acids is 1. The van der Waals surface area contributed by atoms with E-state index in [2.05, 4.69) is 5.32 Å². The normalized spacial score (nSPS) is 18.7. The van der Waals surface area contributed by atoms with E-state index in [0.29, 0.717) is 37.4 Å². The number of para-hydroxylation sites is 1. The van der Waals surface area contributed by atoms with E-state index in [1.165, 1.54) is 12.3 Å². The molecule has 32 heavy (non-hydrogen) atoms. The molecule has 0 amide bonds. The molecule has 2 fully saturated rings. The maximum absolute atomic E-state index is 15.2. The SMILES string of the molecule is O=C(O)c1cn(C2CC2)c2cc(N3CCNC(COc4ccccc4)C3)c(F)cc2c1=O. The van der Waals surface area contributed by atoms with E-state index < -0.39 is 17.2 Å². The van der Waals surface area contributed by atoms with E-state index in [0.717, 1.165) is 18.6 Å². The van der Waals surface area contributed by atoms with E-state index >= 15 is 4.39 Å². The number of carbonyl (C=O) groups is 1. The van der Waals surface area contributed by atoms with Gasteiger partial charge in [-0.3, -0.25) is 4.79 Å². The van der Waals surface area contributed by atoms with Crippen LogP contribution in [0.25, 0.3) is 10.9 Å². The minimum atomic E-state index is -1.29. The van der Waals surface area contributed by atoms with Gasteiger partial charge < -0.3 is 24.6 Å². The number of aromatic carboxylic acids is 1. The Balaban J connectivity index is 1.45.